The van der Waals surface area contributed by atoms with Crippen LogP contribution in [0.15, 0.2) is 88.8 Å². The molecule has 0 saturated heterocycles. The predicted octanol–water partition coefficient (Wildman–Crippen LogP) is 8.82. The standard InChI is InChI=1S/C19H15FN2O4.C15H22ClNO2.C14H13NO7S.C11H11Cl2NO2/c1-2-7-21-15-9-14(13(20)8-16(15)26-10-17(21)23)22-18(24)11-5-3-4-6-12(11)19(22)25;1-5-13-8-6-7-11(2)15(13)17(14(18)9-16)12(3)10-19-4;1-23(21,22)8-5-6-9(10(7-8)15(19)20)14(18)13-11(16)3-2-4-12(13)17;1-7-6-16-9-5-3-2-4-8(9)14(7)11(15)10(12)13/h1,8-9H,3-7,10H2;6-8,12H,5,9-10H2,1-4H3;5-7,13H,2-4H2,1H3;2-5,7,10H,6H2,1H3. The highest BCUT2D eigenvalue weighted by Gasteiger charge is 2.43. The number of imide groups is 1. The van der Waals surface area contributed by atoms with Crippen molar-refractivity contribution < 1.29 is 70.3 Å². The van der Waals surface area contributed by atoms with Crippen molar-refractivity contribution in [2.24, 2.45) is 5.92 Å². The number of aryl methyl sites for hydroxylation is 2. The van der Waals surface area contributed by atoms with Crippen LogP contribution in [0.25, 0.3) is 0 Å². The van der Waals surface area contributed by atoms with Crippen LogP contribution in [-0.4, -0.2) is 123 Å². The quantitative estimate of drug-likeness (QED) is 0.0230. The summed E-state index contributed by atoms with van der Waals surface area (Å²) in [5.41, 5.74) is 3.76. The number of carbonyl (C=O) groups excluding carboxylic acids is 8. The third kappa shape index (κ3) is 14.7. The van der Waals surface area contributed by atoms with Crippen molar-refractivity contribution in [1.82, 2.24) is 0 Å². The maximum atomic E-state index is 14.7. The fourth-order valence-electron chi connectivity index (χ4n) is 10.1. The van der Waals surface area contributed by atoms with Crippen molar-refractivity contribution in [2.45, 2.75) is 101 Å². The number of terminal acetylenes is 1. The molecule has 4 aromatic rings. The smallest absolute Gasteiger partial charge is 0.281 e. The van der Waals surface area contributed by atoms with Crippen molar-refractivity contribution in [3.8, 4) is 23.8 Å². The van der Waals surface area contributed by atoms with Crippen LogP contribution in [-0.2, 0) is 54.6 Å². The second-order valence-electron chi connectivity index (χ2n) is 19.9. The summed E-state index contributed by atoms with van der Waals surface area (Å²) in [6, 6.07) is 18.5. The molecule has 25 heteroatoms. The molecule has 2 atom stereocenters. The molecule has 0 aromatic heterocycles. The Morgan fingerprint density at radius 1 is 0.893 bits per heavy atom. The number of rotatable bonds is 13. The fourth-order valence-corrected chi connectivity index (χ4v) is 11.1. The second-order valence-corrected chi connectivity index (χ2v) is 23.3. The van der Waals surface area contributed by atoms with E-state index < -0.39 is 71.7 Å². The van der Waals surface area contributed by atoms with E-state index in [1.807, 2.05) is 57.2 Å². The summed E-state index contributed by atoms with van der Waals surface area (Å²) in [7, 11) is -2.06. The van der Waals surface area contributed by atoms with Crippen LogP contribution in [0.3, 0.4) is 0 Å². The number of Topliss-reactive ketones (excluding diaryl/α,β-unsaturated/α-hetero) is 3. The highest BCUT2D eigenvalue weighted by atomic mass is 35.5. The second kappa shape index (κ2) is 28.8. The maximum absolute atomic E-state index is 14.7. The molecule has 446 valence electrons. The highest BCUT2D eigenvalue weighted by Crippen LogP contribution is 2.42. The molecule has 0 radical (unpaired) electrons. The van der Waals surface area contributed by atoms with Crippen LogP contribution in [0, 0.1) is 41.1 Å². The van der Waals surface area contributed by atoms with E-state index in [4.69, 9.17) is 55.4 Å². The number of anilines is 4. The van der Waals surface area contributed by atoms with Crippen LogP contribution in [0.1, 0.15) is 87.2 Å². The van der Waals surface area contributed by atoms with Crippen LogP contribution >= 0.6 is 34.8 Å². The monoisotopic (exact) mass is 1240 g/mol. The molecular weight excluding hydrogens is 1180 g/mol. The van der Waals surface area contributed by atoms with Crippen LogP contribution in [0.5, 0.6) is 11.5 Å². The van der Waals surface area contributed by atoms with Crippen molar-refractivity contribution in [3.05, 3.63) is 117 Å². The Morgan fingerprint density at radius 3 is 2.11 bits per heavy atom. The number of nitro benzene ring substituents is 1. The number of ketones is 3. The zero-order valence-electron chi connectivity index (χ0n) is 46.8. The van der Waals surface area contributed by atoms with Gasteiger partial charge < -0.3 is 24.0 Å². The number of sulfone groups is 1. The Kier molecular flexibility index (Phi) is 22.5. The SMILES string of the molecule is C#CCN1C(=O)COc2cc(F)c(N3C(=O)C4=C(CCCC4)C3=O)cc21.CC1COc2ccccc2N1C(=O)C(Cl)Cl.CCc1cccc(C)c1N(C(=O)CCl)C(C)COC.CS(=O)(=O)c1ccc(C(=O)C2C(=O)CCCC2=O)c([N+](=O)[O-])c1. The number of ether oxygens (including phenoxy) is 3. The molecule has 1 fully saturated rings. The number of alkyl halides is 3. The number of benzene rings is 4. The number of nitro groups is 1. The van der Waals surface area contributed by atoms with E-state index in [0.717, 1.165) is 77.2 Å². The fraction of sp³-hybridized carbons (Fsp3) is 0.390. The van der Waals surface area contributed by atoms with Gasteiger partial charge in [-0.05, 0) is 101 Å². The summed E-state index contributed by atoms with van der Waals surface area (Å²) in [6.07, 6.45) is 10.3. The highest BCUT2D eigenvalue weighted by molar-refractivity contribution is 7.90. The van der Waals surface area contributed by atoms with Gasteiger partial charge in [-0.1, -0.05) is 66.4 Å². The number of nitrogens with zero attached hydrogens (tertiary/aromatic N) is 5. The van der Waals surface area contributed by atoms with Crippen LogP contribution < -0.4 is 29.1 Å². The summed E-state index contributed by atoms with van der Waals surface area (Å²) in [5.74, 6) is -2.95. The van der Waals surface area contributed by atoms with Crippen molar-refractivity contribution in [2.75, 3.05) is 65.2 Å². The van der Waals surface area contributed by atoms with Crippen molar-refractivity contribution in [3.63, 3.8) is 0 Å². The number of halogens is 4. The lowest BCUT2D eigenvalue weighted by atomic mass is 9.81. The number of para-hydroxylation sites is 3. The molecule has 4 aromatic carbocycles. The van der Waals surface area contributed by atoms with E-state index in [0.29, 0.717) is 49.4 Å². The largest absolute Gasteiger partial charge is 0.489 e. The first-order valence-corrected chi connectivity index (χ1v) is 29.8. The predicted molar refractivity (Wildman–Crippen MR) is 313 cm³/mol. The van der Waals surface area contributed by atoms with Gasteiger partial charge in [0.25, 0.3) is 29.3 Å². The normalized spacial score (nSPS) is 16.9. The molecular formula is C59H61Cl3FN5O15S. The summed E-state index contributed by atoms with van der Waals surface area (Å²) >= 11 is 17.0. The van der Waals surface area contributed by atoms with Gasteiger partial charge in [-0.25, -0.2) is 17.7 Å². The Balaban J connectivity index is 0.000000183. The molecule has 0 bridgehead atoms. The summed E-state index contributed by atoms with van der Waals surface area (Å²) < 4.78 is 53.6. The van der Waals surface area contributed by atoms with Gasteiger partial charge in [0.15, 0.2) is 44.4 Å². The van der Waals surface area contributed by atoms with Gasteiger partial charge in [-0.15, -0.1) is 18.0 Å². The number of fused-ring (bicyclic) bond motifs is 2. The van der Waals surface area contributed by atoms with Crippen LogP contribution in [0.4, 0.5) is 32.8 Å². The topological polar surface area (TPSA) is 254 Å². The minimum absolute atomic E-state index is 0.0170. The summed E-state index contributed by atoms with van der Waals surface area (Å²) in [6.45, 7) is 8.64. The summed E-state index contributed by atoms with van der Waals surface area (Å²) in [5, 5.41) is 11.1. The molecule has 20 nitrogen and oxygen atoms in total. The van der Waals surface area contributed by atoms with Gasteiger partial charge in [0.1, 0.15) is 29.9 Å². The van der Waals surface area contributed by atoms with Gasteiger partial charge in [0.05, 0.1) is 63.4 Å². The van der Waals surface area contributed by atoms with Crippen LogP contribution in [0.2, 0.25) is 0 Å². The number of hydrogen-bond donors (Lipinski definition) is 0. The molecule has 9 rings (SSSR count). The zero-order valence-corrected chi connectivity index (χ0v) is 49.9. The molecule has 3 aliphatic heterocycles. The number of hydrogen-bond acceptors (Lipinski definition) is 15. The van der Waals surface area contributed by atoms with Gasteiger partial charge in [-0.2, -0.15) is 0 Å². The molecule has 2 aliphatic carbocycles. The minimum Gasteiger partial charge on any atom is -0.489 e. The number of methoxy groups -OCH3 is 1. The molecule has 2 unspecified atom stereocenters. The minimum atomic E-state index is -3.70. The lowest BCUT2D eigenvalue weighted by Gasteiger charge is -2.35. The third-order valence-corrected chi connectivity index (χ3v) is 15.8. The molecule has 3 heterocycles. The van der Waals surface area contributed by atoms with E-state index in [1.165, 1.54) is 11.0 Å². The van der Waals surface area contributed by atoms with E-state index in [2.05, 4.69) is 18.9 Å². The molecule has 0 N–H and O–H groups in total. The van der Waals surface area contributed by atoms with Crippen molar-refractivity contribution in [1.29, 1.82) is 0 Å². The van der Waals surface area contributed by atoms with Gasteiger partial charge in [0.2, 0.25) is 5.91 Å². The lowest BCUT2D eigenvalue weighted by Crippen LogP contribution is -2.47. The Morgan fingerprint density at radius 2 is 1.54 bits per heavy atom. The van der Waals surface area contributed by atoms with E-state index in [-0.39, 0.29) is 83.7 Å². The first-order valence-electron chi connectivity index (χ1n) is 26.5. The van der Waals surface area contributed by atoms with Gasteiger partial charge >= 0.3 is 0 Å². The third-order valence-electron chi connectivity index (χ3n) is 14.1. The Bertz CT molecular complexity index is 3430. The van der Waals surface area contributed by atoms with Gasteiger partial charge in [0, 0.05) is 49.5 Å². The molecule has 5 amide bonds. The first-order chi connectivity index (χ1) is 39.8. The first kappa shape index (κ1) is 65.6. The average molecular weight is 1240 g/mol. The molecule has 5 aliphatic rings. The Labute approximate surface area is 500 Å². The Hall–Kier alpha value is -7.55. The van der Waals surface area contributed by atoms with Crippen molar-refractivity contribution >= 4 is 120 Å². The number of carbonyl (C=O) groups is 8. The maximum Gasteiger partial charge on any atom is 0.281 e. The van der Waals surface area contributed by atoms with E-state index in [1.54, 1.807) is 16.9 Å². The number of amides is 5. The van der Waals surface area contributed by atoms with E-state index in [9.17, 15) is 61.3 Å². The molecule has 0 spiro atoms. The zero-order chi connectivity index (χ0) is 61.9. The van der Waals surface area contributed by atoms with Gasteiger partial charge in [-0.3, -0.25) is 53.4 Å². The molecule has 84 heavy (non-hydrogen) atoms. The van der Waals surface area contributed by atoms with E-state index >= 15 is 0 Å². The summed E-state index contributed by atoms with van der Waals surface area (Å²) in [4.78, 5) is 112. The lowest BCUT2D eigenvalue weighted by molar-refractivity contribution is -0.385. The average Bonchev–Trinajstić information content (AvgIpc) is 2.07. The molecule has 1 saturated carbocycles.